The zero-order chi connectivity index (χ0) is 19.1. The van der Waals surface area contributed by atoms with E-state index >= 15 is 0 Å². The van der Waals surface area contributed by atoms with E-state index in [2.05, 4.69) is 15.8 Å². The molecule has 0 aromatic heterocycles. The van der Waals surface area contributed by atoms with Crippen molar-refractivity contribution in [2.24, 2.45) is 5.10 Å². The van der Waals surface area contributed by atoms with Gasteiger partial charge in [-0.3, -0.25) is 19.7 Å². The normalized spacial score (nSPS) is 10.5. The van der Waals surface area contributed by atoms with Gasteiger partial charge in [0, 0.05) is 28.3 Å². The van der Waals surface area contributed by atoms with Crippen molar-refractivity contribution in [3.63, 3.8) is 0 Å². The Balaban J connectivity index is 1.89. The predicted molar refractivity (Wildman–Crippen MR) is 94.3 cm³/mol. The number of hydrazone groups is 1. The van der Waals surface area contributed by atoms with Crippen molar-refractivity contribution in [3.05, 3.63) is 68.7 Å². The van der Waals surface area contributed by atoms with Crippen LogP contribution in [-0.2, 0) is 4.79 Å². The fourth-order valence-electron chi connectivity index (χ4n) is 1.86. The quantitative estimate of drug-likeness (QED) is 0.401. The van der Waals surface area contributed by atoms with Gasteiger partial charge in [-0.25, -0.2) is 5.43 Å². The molecule has 2 aromatic carbocycles. The zero-order valence-corrected chi connectivity index (χ0v) is 13.9. The van der Waals surface area contributed by atoms with Gasteiger partial charge in [0.05, 0.1) is 17.7 Å². The third-order valence-corrected chi connectivity index (χ3v) is 3.35. The summed E-state index contributed by atoms with van der Waals surface area (Å²) in [5.41, 5.74) is 2.26. The van der Waals surface area contributed by atoms with E-state index in [9.17, 15) is 24.8 Å². The minimum atomic E-state index is -0.624. The van der Waals surface area contributed by atoms with E-state index in [0.29, 0.717) is 10.6 Å². The zero-order valence-electron chi connectivity index (χ0n) is 13.2. The molecule has 0 radical (unpaired) electrons. The standard InChI is InChI=1S/C16H13ClN4O5/c17-12-3-1-2-10(6-12)16(24)18-9-15(23)20-19-8-11-7-13(21(25)26)4-5-14(11)22/h1-8,22H,9H2,(H,18,24)(H,20,23)/b19-8-. The van der Waals surface area contributed by atoms with Gasteiger partial charge in [0.1, 0.15) is 5.75 Å². The van der Waals surface area contributed by atoms with E-state index in [1.54, 1.807) is 18.2 Å². The molecule has 10 heteroatoms. The van der Waals surface area contributed by atoms with Crippen molar-refractivity contribution >= 4 is 35.3 Å². The topological polar surface area (TPSA) is 134 Å². The molecule has 0 aliphatic heterocycles. The summed E-state index contributed by atoms with van der Waals surface area (Å²) in [6.45, 7) is -0.344. The number of hydrogen-bond donors (Lipinski definition) is 3. The van der Waals surface area contributed by atoms with Crippen LogP contribution in [0.2, 0.25) is 5.02 Å². The minimum Gasteiger partial charge on any atom is -0.507 e. The lowest BCUT2D eigenvalue weighted by atomic mass is 10.2. The Kier molecular flexibility index (Phi) is 6.23. The van der Waals surface area contributed by atoms with Gasteiger partial charge < -0.3 is 10.4 Å². The van der Waals surface area contributed by atoms with Crippen LogP contribution >= 0.6 is 11.6 Å². The summed E-state index contributed by atoms with van der Waals surface area (Å²) in [6.07, 6.45) is 1.05. The number of nitrogens with one attached hydrogen (secondary N) is 2. The number of rotatable bonds is 6. The van der Waals surface area contributed by atoms with Crippen molar-refractivity contribution in [2.45, 2.75) is 0 Å². The van der Waals surface area contributed by atoms with Crippen molar-refractivity contribution in [3.8, 4) is 5.75 Å². The fourth-order valence-corrected chi connectivity index (χ4v) is 2.05. The first-order chi connectivity index (χ1) is 12.4. The Bertz CT molecular complexity index is 885. The molecule has 0 unspecified atom stereocenters. The number of hydrogen-bond acceptors (Lipinski definition) is 6. The first kappa shape index (κ1) is 18.9. The molecular weight excluding hydrogens is 364 g/mol. The first-order valence-corrected chi connectivity index (χ1v) is 7.57. The summed E-state index contributed by atoms with van der Waals surface area (Å²) in [5.74, 6) is -1.34. The van der Waals surface area contributed by atoms with E-state index in [0.717, 1.165) is 24.4 Å². The number of carbonyl (C=O) groups is 2. The summed E-state index contributed by atoms with van der Waals surface area (Å²) in [4.78, 5) is 33.6. The summed E-state index contributed by atoms with van der Waals surface area (Å²) < 4.78 is 0. The molecule has 2 amide bonds. The van der Waals surface area contributed by atoms with E-state index < -0.39 is 16.7 Å². The fraction of sp³-hybridized carbons (Fsp3) is 0.0625. The van der Waals surface area contributed by atoms with Crippen LogP contribution in [0.15, 0.2) is 47.6 Å². The number of carbonyl (C=O) groups excluding carboxylic acids is 2. The Morgan fingerprint density at radius 3 is 2.73 bits per heavy atom. The Labute approximate surface area is 152 Å². The average Bonchev–Trinajstić information content (AvgIpc) is 2.61. The van der Waals surface area contributed by atoms with Crippen molar-refractivity contribution in [2.75, 3.05) is 6.54 Å². The third kappa shape index (κ3) is 5.28. The predicted octanol–water partition coefficient (Wildman–Crippen LogP) is 1.83. The maximum Gasteiger partial charge on any atom is 0.270 e. The van der Waals surface area contributed by atoms with E-state index in [1.165, 1.54) is 6.07 Å². The van der Waals surface area contributed by atoms with Crippen molar-refractivity contribution in [1.29, 1.82) is 0 Å². The molecule has 0 fully saturated rings. The number of nitro benzene ring substituents is 1. The molecule has 9 nitrogen and oxygen atoms in total. The number of amides is 2. The van der Waals surface area contributed by atoms with Gasteiger partial charge in [0.25, 0.3) is 17.5 Å². The summed E-state index contributed by atoms with van der Waals surface area (Å²) in [6, 6.07) is 9.60. The van der Waals surface area contributed by atoms with E-state index in [-0.39, 0.29) is 23.5 Å². The van der Waals surface area contributed by atoms with Crippen LogP contribution in [0.5, 0.6) is 5.75 Å². The molecule has 2 aromatic rings. The van der Waals surface area contributed by atoms with Gasteiger partial charge in [-0.05, 0) is 24.3 Å². The van der Waals surface area contributed by atoms with Gasteiger partial charge in [-0.15, -0.1) is 0 Å². The first-order valence-electron chi connectivity index (χ1n) is 7.20. The van der Waals surface area contributed by atoms with Crippen molar-refractivity contribution in [1.82, 2.24) is 10.7 Å². The number of non-ortho nitro benzene ring substituents is 1. The molecule has 0 saturated heterocycles. The summed E-state index contributed by atoms with van der Waals surface area (Å²) in [7, 11) is 0. The van der Waals surface area contributed by atoms with Crippen LogP contribution in [-0.4, -0.2) is 34.6 Å². The highest BCUT2D eigenvalue weighted by Gasteiger charge is 2.10. The van der Waals surface area contributed by atoms with Gasteiger partial charge in [-0.1, -0.05) is 17.7 Å². The maximum atomic E-state index is 11.9. The van der Waals surface area contributed by atoms with Crippen LogP contribution in [0.1, 0.15) is 15.9 Å². The number of nitrogens with zero attached hydrogens (tertiary/aromatic N) is 2. The molecule has 0 atom stereocenters. The van der Waals surface area contributed by atoms with Gasteiger partial charge >= 0.3 is 0 Å². The monoisotopic (exact) mass is 376 g/mol. The Hall–Kier alpha value is -3.46. The number of phenolic OH excluding ortho intramolecular Hbond substituents is 1. The van der Waals surface area contributed by atoms with Gasteiger partial charge in [-0.2, -0.15) is 5.10 Å². The summed E-state index contributed by atoms with van der Waals surface area (Å²) >= 11 is 5.78. The largest absolute Gasteiger partial charge is 0.507 e. The SMILES string of the molecule is O=C(CNC(=O)c1cccc(Cl)c1)N/N=C\c1cc([N+](=O)[O-])ccc1O. The van der Waals surface area contributed by atoms with Crippen LogP contribution in [0.4, 0.5) is 5.69 Å². The number of phenols is 1. The number of nitro groups is 1. The van der Waals surface area contributed by atoms with Crippen LogP contribution in [0.3, 0.4) is 0 Å². The highest BCUT2D eigenvalue weighted by Crippen LogP contribution is 2.21. The van der Waals surface area contributed by atoms with Crippen LogP contribution in [0.25, 0.3) is 0 Å². The molecule has 0 aliphatic carbocycles. The molecular formula is C16H13ClN4O5. The number of halogens is 1. The smallest absolute Gasteiger partial charge is 0.270 e. The Morgan fingerprint density at radius 2 is 2.04 bits per heavy atom. The second-order valence-corrected chi connectivity index (χ2v) is 5.42. The molecule has 26 heavy (non-hydrogen) atoms. The molecule has 0 bridgehead atoms. The third-order valence-electron chi connectivity index (χ3n) is 3.11. The van der Waals surface area contributed by atoms with Crippen LogP contribution in [0, 0.1) is 10.1 Å². The second kappa shape index (κ2) is 8.58. The van der Waals surface area contributed by atoms with Crippen LogP contribution < -0.4 is 10.7 Å². The van der Waals surface area contributed by atoms with E-state index in [1.807, 2.05) is 0 Å². The lowest BCUT2D eigenvalue weighted by molar-refractivity contribution is -0.384. The maximum absolute atomic E-state index is 11.9. The number of benzene rings is 2. The van der Waals surface area contributed by atoms with Gasteiger partial charge in [0.15, 0.2) is 0 Å². The molecule has 3 N–H and O–H groups in total. The Morgan fingerprint density at radius 1 is 1.27 bits per heavy atom. The average molecular weight is 377 g/mol. The molecule has 134 valence electrons. The molecule has 0 heterocycles. The molecule has 0 saturated carbocycles. The van der Waals surface area contributed by atoms with Gasteiger partial charge in [0.2, 0.25) is 0 Å². The lowest BCUT2D eigenvalue weighted by Gasteiger charge is -2.04. The molecule has 0 aliphatic rings. The lowest BCUT2D eigenvalue weighted by Crippen LogP contribution is -2.34. The highest BCUT2D eigenvalue weighted by molar-refractivity contribution is 6.30. The second-order valence-electron chi connectivity index (χ2n) is 4.99. The summed E-state index contributed by atoms with van der Waals surface area (Å²) in [5, 5.41) is 26.7. The van der Waals surface area contributed by atoms with E-state index in [4.69, 9.17) is 11.6 Å². The molecule has 2 rings (SSSR count). The number of aromatic hydroxyl groups is 1. The highest BCUT2D eigenvalue weighted by atomic mass is 35.5. The minimum absolute atomic E-state index is 0.0578. The molecule has 0 spiro atoms. The van der Waals surface area contributed by atoms with Crippen molar-refractivity contribution < 1.29 is 19.6 Å².